The Morgan fingerprint density at radius 2 is 1.23 bits per heavy atom. The maximum absolute atomic E-state index is 6.17. The SMILES string of the molecule is CCO[SiH](OCC)C(N)CCO[Si](OCC)(OCC)OCC. The molecule has 134 valence electrons. The van der Waals surface area contributed by atoms with E-state index in [9.17, 15) is 0 Å². The molecule has 0 fully saturated rings. The summed E-state index contributed by atoms with van der Waals surface area (Å²) in [6, 6.07) is 0. The maximum atomic E-state index is 6.17. The van der Waals surface area contributed by atoms with E-state index in [-0.39, 0.29) is 5.67 Å². The number of hydrogen-bond donors (Lipinski definition) is 1. The molecule has 9 heteroatoms. The Hall–Kier alpha value is 0.154. The molecule has 0 bridgehead atoms. The Labute approximate surface area is 137 Å². The second-order valence-corrected chi connectivity index (χ2v) is 8.79. The van der Waals surface area contributed by atoms with Crippen LogP contribution in [0.25, 0.3) is 0 Å². The van der Waals surface area contributed by atoms with Gasteiger partial charge >= 0.3 is 18.3 Å². The van der Waals surface area contributed by atoms with Crippen molar-refractivity contribution in [2.24, 2.45) is 5.73 Å². The summed E-state index contributed by atoms with van der Waals surface area (Å²) in [5, 5.41) is 0. The van der Waals surface area contributed by atoms with Gasteiger partial charge in [0.05, 0.1) is 0 Å². The predicted octanol–water partition coefficient (Wildman–Crippen LogP) is 1.10. The third-order valence-electron chi connectivity index (χ3n) is 2.70. The molecule has 1 atom stereocenters. The molecule has 0 spiro atoms. The van der Waals surface area contributed by atoms with Crippen molar-refractivity contribution in [2.75, 3.05) is 39.6 Å². The summed E-state index contributed by atoms with van der Waals surface area (Å²) in [6.07, 6.45) is 0.624. The van der Waals surface area contributed by atoms with Gasteiger partial charge in [-0.1, -0.05) is 0 Å². The van der Waals surface area contributed by atoms with Gasteiger partial charge in [0.1, 0.15) is 0 Å². The zero-order valence-corrected chi connectivity index (χ0v) is 16.8. The van der Waals surface area contributed by atoms with Crippen LogP contribution < -0.4 is 5.73 Å². The van der Waals surface area contributed by atoms with Gasteiger partial charge in [0, 0.05) is 45.3 Å². The van der Waals surface area contributed by atoms with Gasteiger partial charge in [0.2, 0.25) is 0 Å². The highest BCUT2D eigenvalue weighted by Gasteiger charge is 2.45. The van der Waals surface area contributed by atoms with E-state index in [1.165, 1.54) is 0 Å². The number of rotatable bonds is 15. The molecule has 0 rings (SSSR count). The van der Waals surface area contributed by atoms with Crippen molar-refractivity contribution in [1.82, 2.24) is 0 Å². The van der Waals surface area contributed by atoms with Gasteiger partial charge in [-0.05, 0) is 41.0 Å². The van der Waals surface area contributed by atoms with Gasteiger partial charge in [0.15, 0.2) is 0 Å². The first-order chi connectivity index (χ1) is 10.6. The van der Waals surface area contributed by atoms with Crippen LogP contribution in [0.3, 0.4) is 0 Å². The lowest BCUT2D eigenvalue weighted by atomic mass is 10.5. The van der Waals surface area contributed by atoms with Crippen molar-refractivity contribution >= 4 is 18.3 Å². The zero-order valence-electron chi connectivity index (χ0n) is 14.6. The van der Waals surface area contributed by atoms with Crippen molar-refractivity contribution < 1.29 is 26.6 Å². The minimum atomic E-state index is -3.06. The third kappa shape index (κ3) is 8.70. The molecule has 7 nitrogen and oxygen atoms in total. The fraction of sp³-hybridized carbons (Fsp3) is 1.00. The molecular weight excluding hydrogens is 322 g/mol. The molecule has 0 aromatic rings. The quantitative estimate of drug-likeness (QED) is 0.440. The summed E-state index contributed by atoms with van der Waals surface area (Å²) in [4.78, 5) is 0. The summed E-state index contributed by atoms with van der Waals surface area (Å²) in [6.45, 7) is 12.6. The van der Waals surface area contributed by atoms with Crippen molar-refractivity contribution in [3.63, 3.8) is 0 Å². The molecule has 0 amide bonds. The van der Waals surface area contributed by atoms with Crippen LogP contribution in [0.5, 0.6) is 0 Å². The Kier molecular flexibility index (Phi) is 13.7. The van der Waals surface area contributed by atoms with Crippen LogP contribution >= 0.6 is 0 Å². The van der Waals surface area contributed by atoms with E-state index >= 15 is 0 Å². The Morgan fingerprint density at radius 3 is 1.59 bits per heavy atom. The average Bonchev–Trinajstić information content (AvgIpc) is 2.47. The molecule has 1 unspecified atom stereocenters. The van der Waals surface area contributed by atoms with Crippen molar-refractivity contribution in [1.29, 1.82) is 0 Å². The van der Waals surface area contributed by atoms with E-state index in [4.69, 9.17) is 32.3 Å². The molecule has 2 N–H and O–H groups in total. The fourth-order valence-electron chi connectivity index (χ4n) is 1.86. The monoisotopic (exact) mass is 355 g/mol. The van der Waals surface area contributed by atoms with E-state index in [1.54, 1.807) is 0 Å². The van der Waals surface area contributed by atoms with Gasteiger partial charge in [-0.2, -0.15) is 0 Å². The minimum absolute atomic E-state index is 0.142. The number of hydrogen-bond acceptors (Lipinski definition) is 7. The topological polar surface area (TPSA) is 81.4 Å². The molecule has 0 aliphatic heterocycles. The van der Waals surface area contributed by atoms with Crippen LogP contribution in [0.1, 0.15) is 41.0 Å². The van der Waals surface area contributed by atoms with E-state index in [2.05, 4.69) is 0 Å². The highest BCUT2D eigenvalue weighted by Crippen LogP contribution is 2.13. The maximum Gasteiger partial charge on any atom is 0.679 e. The zero-order chi connectivity index (χ0) is 16.8. The first-order valence-corrected chi connectivity index (χ1v) is 11.4. The summed E-state index contributed by atoms with van der Waals surface area (Å²) in [5.74, 6) is 0. The van der Waals surface area contributed by atoms with Gasteiger partial charge in [-0.15, -0.1) is 0 Å². The van der Waals surface area contributed by atoms with E-state index in [0.717, 1.165) is 0 Å². The molecule has 0 aromatic heterocycles. The standard InChI is InChI=1S/C13H33NO6Si2/c1-6-15-21(16-7-2)13(14)11-12-20-22(17-8-3,18-9-4)19-10-5/h13,21H,6-12,14H2,1-5H3. The molecule has 0 saturated carbocycles. The molecular formula is C13H33NO6Si2. The first-order valence-electron chi connectivity index (χ1n) is 8.13. The van der Waals surface area contributed by atoms with Crippen LogP contribution in [0.2, 0.25) is 0 Å². The third-order valence-corrected chi connectivity index (χ3v) is 7.55. The largest absolute Gasteiger partial charge is 0.679 e. The molecule has 0 radical (unpaired) electrons. The Bertz CT molecular complexity index is 240. The van der Waals surface area contributed by atoms with E-state index in [1.807, 2.05) is 34.6 Å². The molecule has 0 saturated heterocycles. The lowest BCUT2D eigenvalue weighted by Gasteiger charge is -2.28. The normalized spacial score (nSPS) is 13.8. The lowest BCUT2D eigenvalue weighted by molar-refractivity contribution is -0.0282. The van der Waals surface area contributed by atoms with Gasteiger partial charge in [-0.25, -0.2) is 0 Å². The molecule has 0 heterocycles. The van der Waals surface area contributed by atoms with Crippen LogP contribution in [-0.4, -0.2) is 63.6 Å². The summed E-state index contributed by atoms with van der Waals surface area (Å²) >= 11 is 0. The Balaban J connectivity index is 4.44. The first kappa shape index (κ1) is 22.2. The van der Waals surface area contributed by atoms with Crippen LogP contribution in [0.15, 0.2) is 0 Å². The summed E-state index contributed by atoms with van der Waals surface area (Å²) in [5.41, 5.74) is 6.02. The van der Waals surface area contributed by atoms with Gasteiger partial charge < -0.3 is 32.3 Å². The average molecular weight is 356 g/mol. The van der Waals surface area contributed by atoms with Crippen LogP contribution in [-0.2, 0) is 26.6 Å². The van der Waals surface area contributed by atoms with Crippen LogP contribution in [0.4, 0.5) is 0 Å². The molecule has 0 aliphatic carbocycles. The van der Waals surface area contributed by atoms with Crippen LogP contribution in [0, 0.1) is 0 Å². The highest BCUT2D eigenvalue weighted by atomic mass is 28.4. The second-order valence-electron chi connectivity index (χ2n) is 4.38. The Morgan fingerprint density at radius 1 is 0.773 bits per heavy atom. The molecule has 0 aliphatic rings. The summed E-state index contributed by atoms with van der Waals surface area (Å²) in [7, 11) is -4.93. The smallest absolute Gasteiger partial charge is 0.396 e. The summed E-state index contributed by atoms with van der Waals surface area (Å²) < 4.78 is 34.0. The van der Waals surface area contributed by atoms with Crippen molar-refractivity contribution in [3.8, 4) is 0 Å². The van der Waals surface area contributed by atoms with Gasteiger partial charge in [-0.3, -0.25) is 0 Å². The molecule has 0 aromatic carbocycles. The highest BCUT2D eigenvalue weighted by molar-refractivity contribution is 6.53. The minimum Gasteiger partial charge on any atom is -0.396 e. The number of nitrogens with two attached hydrogens (primary N) is 1. The van der Waals surface area contributed by atoms with E-state index in [0.29, 0.717) is 46.1 Å². The van der Waals surface area contributed by atoms with E-state index < -0.39 is 18.3 Å². The second kappa shape index (κ2) is 13.6. The van der Waals surface area contributed by atoms with Crippen molar-refractivity contribution in [3.05, 3.63) is 0 Å². The lowest BCUT2D eigenvalue weighted by Crippen LogP contribution is -2.51. The van der Waals surface area contributed by atoms with Crippen molar-refractivity contribution in [2.45, 2.75) is 46.7 Å². The molecule has 22 heavy (non-hydrogen) atoms. The van der Waals surface area contributed by atoms with Gasteiger partial charge in [0.25, 0.3) is 0 Å². The predicted molar refractivity (Wildman–Crippen MR) is 89.6 cm³/mol. The fourth-order valence-corrected chi connectivity index (χ4v) is 5.44.